The van der Waals surface area contributed by atoms with Crippen LogP contribution in [0.3, 0.4) is 0 Å². The van der Waals surface area contributed by atoms with Crippen molar-refractivity contribution in [1.82, 2.24) is 0 Å². The number of rotatable bonds is 4. The molecule has 0 radical (unpaired) electrons. The lowest BCUT2D eigenvalue weighted by Gasteiger charge is -2.05. The van der Waals surface area contributed by atoms with Gasteiger partial charge in [0.2, 0.25) is 0 Å². The summed E-state index contributed by atoms with van der Waals surface area (Å²) in [6.07, 6.45) is 2.30. The predicted octanol–water partition coefficient (Wildman–Crippen LogP) is 1.39. The summed E-state index contributed by atoms with van der Waals surface area (Å²) in [4.78, 5) is 0. The molecule has 0 aliphatic heterocycles. The molecule has 0 saturated heterocycles. The molecule has 3 unspecified atom stereocenters. The first-order chi connectivity index (χ1) is 4.16. The molecule has 0 aromatic carbocycles. The Bertz CT molecular complexity index is 99.0. The number of nitrogens with two attached hydrogens (primary N) is 1. The molecule has 0 heterocycles. The van der Waals surface area contributed by atoms with E-state index in [-0.39, 0.29) is 0 Å². The molecule has 2 nitrogen and oxygen atoms in total. The zero-order valence-corrected chi connectivity index (χ0v) is 7.70. The molecular weight excluding hydrogens is 153 g/mol. The molecule has 2 N–H and O–H groups in total. The fourth-order valence-corrected chi connectivity index (χ4v) is 3.04. The molecule has 0 aliphatic rings. The molecule has 56 valence electrons. The molecule has 0 saturated carbocycles. The van der Waals surface area contributed by atoms with Gasteiger partial charge in [-0.1, -0.05) is 20.3 Å². The van der Waals surface area contributed by atoms with E-state index in [1.807, 2.05) is 0 Å². The Kier molecular flexibility index (Phi) is 5.65. The second-order valence-electron chi connectivity index (χ2n) is 2.10. The molecule has 9 heavy (non-hydrogen) atoms. The van der Waals surface area contributed by atoms with E-state index in [9.17, 15) is 4.21 Å². The second-order valence-corrected chi connectivity index (χ2v) is 5.84. The van der Waals surface area contributed by atoms with Crippen LogP contribution >= 0.6 is 7.78 Å². The van der Waals surface area contributed by atoms with E-state index in [2.05, 4.69) is 13.8 Å². The van der Waals surface area contributed by atoms with Gasteiger partial charge in [0.25, 0.3) is 0 Å². The summed E-state index contributed by atoms with van der Waals surface area (Å²) in [6, 6.07) is 0. The third-order valence-electron chi connectivity index (χ3n) is 1.04. The summed E-state index contributed by atoms with van der Waals surface area (Å²) < 4.78 is 10.4. The number of hydrogen-bond acceptors (Lipinski definition) is 1. The molecule has 0 aromatic rings. The fraction of sp³-hybridized carbons (Fsp3) is 1.00. The zero-order valence-electron chi connectivity index (χ0n) is 5.89. The molecular formula is C5H14NOPS. The summed E-state index contributed by atoms with van der Waals surface area (Å²) in [5.74, 6) is 0. The van der Waals surface area contributed by atoms with Gasteiger partial charge in [-0.05, 0) is 19.9 Å². The van der Waals surface area contributed by atoms with Gasteiger partial charge >= 0.3 is 0 Å². The summed E-state index contributed by atoms with van der Waals surface area (Å²) in [7, 11) is -0.650. The van der Waals surface area contributed by atoms with E-state index in [1.165, 1.54) is 0 Å². The van der Waals surface area contributed by atoms with E-state index in [0.717, 1.165) is 12.8 Å². The summed E-state index contributed by atoms with van der Waals surface area (Å²) in [5.41, 5.74) is 0.542. The monoisotopic (exact) mass is 167 g/mol. The van der Waals surface area contributed by atoms with E-state index >= 15 is 0 Å². The largest absolute Gasteiger partial charge is 0.249 e. The Balaban J connectivity index is 3.26. The van der Waals surface area contributed by atoms with Crippen molar-refractivity contribution >= 4 is 18.4 Å². The van der Waals surface area contributed by atoms with E-state index < -0.39 is 10.6 Å². The smallest absolute Gasteiger partial charge is 0.107 e. The van der Waals surface area contributed by atoms with Crippen LogP contribution in [-0.2, 0) is 10.6 Å². The minimum Gasteiger partial charge on any atom is -0.249 e. The van der Waals surface area contributed by atoms with Gasteiger partial charge in [-0.25, -0.2) is 9.35 Å². The third kappa shape index (κ3) is 6.42. The normalized spacial score (nSPS) is 18.6. The van der Waals surface area contributed by atoms with Crippen molar-refractivity contribution in [1.29, 1.82) is 0 Å². The maximum Gasteiger partial charge on any atom is 0.107 e. The van der Waals surface area contributed by atoms with Gasteiger partial charge in [0, 0.05) is 0 Å². The third-order valence-corrected chi connectivity index (χ3v) is 3.87. The van der Waals surface area contributed by atoms with Crippen LogP contribution in [0.5, 0.6) is 0 Å². The van der Waals surface area contributed by atoms with Crippen molar-refractivity contribution < 1.29 is 4.21 Å². The minimum absolute atomic E-state index is 0.419. The highest BCUT2D eigenvalue weighted by atomic mass is 32.7. The van der Waals surface area contributed by atoms with Gasteiger partial charge in [0.05, 0.1) is 0 Å². The molecule has 0 amide bonds. The fourth-order valence-electron chi connectivity index (χ4n) is 0.690. The quantitative estimate of drug-likeness (QED) is 0.632. The first-order valence-electron chi connectivity index (χ1n) is 3.09. The van der Waals surface area contributed by atoms with E-state index in [1.54, 1.807) is 0 Å². The first kappa shape index (κ1) is 9.54. The highest BCUT2D eigenvalue weighted by Crippen LogP contribution is 2.23. The Labute approximate surface area is 60.7 Å². The maximum atomic E-state index is 10.4. The van der Waals surface area contributed by atoms with Crippen molar-refractivity contribution in [3.63, 3.8) is 0 Å². The van der Waals surface area contributed by atoms with Crippen molar-refractivity contribution in [3.8, 4) is 0 Å². The van der Waals surface area contributed by atoms with Crippen LogP contribution < -0.4 is 5.14 Å². The second kappa shape index (κ2) is 5.33. The van der Waals surface area contributed by atoms with Crippen LogP contribution in [0.4, 0.5) is 0 Å². The average molecular weight is 167 g/mol. The molecule has 3 atom stereocenters. The van der Waals surface area contributed by atoms with Gasteiger partial charge in [0.15, 0.2) is 0 Å². The molecule has 0 rings (SSSR count). The van der Waals surface area contributed by atoms with Gasteiger partial charge in [-0.2, -0.15) is 0 Å². The first-order valence-corrected chi connectivity index (χ1v) is 6.10. The highest BCUT2D eigenvalue weighted by Gasteiger charge is 2.01. The maximum absolute atomic E-state index is 10.4. The highest BCUT2D eigenvalue weighted by molar-refractivity contribution is 8.38. The minimum atomic E-state index is -1.07. The van der Waals surface area contributed by atoms with Crippen molar-refractivity contribution in [2.75, 3.05) is 0 Å². The summed E-state index contributed by atoms with van der Waals surface area (Å²) in [6.45, 7) is 4.22. The van der Waals surface area contributed by atoms with Crippen LogP contribution in [0.2, 0.25) is 0 Å². The standard InChI is InChI=1S/C5H14NOPS/c1-3-4-5(2)8-9(6)7/h5,8H,3-4,6H2,1-2H3. The Morgan fingerprint density at radius 3 is 2.67 bits per heavy atom. The SMILES string of the molecule is CCCC(C)PS(N)=O. The topological polar surface area (TPSA) is 43.1 Å². The van der Waals surface area contributed by atoms with Crippen molar-refractivity contribution in [2.45, 2.75) is 32.3 Å². The summed E-state index contributed by atoms with van der Waals surface area (Å²) in [5, 5.41) is 5.11. The van der Waals surface area contributed by atoms with Crippen LogP contribution in [0.15, 0.2) is 0 Å². The zero-order chi connectivity index (χ0) is 7.28. The summed E-state index contributed by atoms with van der Waals surface area (Å²) >= 11 is 0. The van der Waals surface area contributed by atoms with E-state index in [4.69, 9.17) is 5.14 Å². The lowest BCUT2D eigenvalue weighted by atomic mass is 10.3. The molecule has 0 aromatic heterocycles. The molecule has 0 fully saturated rings. The van der Waals surface area contributed by atoms with Crippen molar-refractivity contribution in [3.05, 3.63) is 0 Å². The van der Waals surface area contributed by atoms with Gasteiger partial charge in [-0.15, -0.1) is 0 Å². The Hall–Kier alpha value is 0.540. The van der Waals surface area contributed by atoms with Crippen molar-refractivity contribution in [2.24, 2.45) is 5.14 Å². The van der Waals surface area contributed by atoms with Gasteiger partial charge < -0.3 is 0 Å². The molecule has 0 spiro atoms. The van der Waals surface area contributed by atoms with Crippen LogP contribution in [0, 0.1) is 0 Å². The molecule has 4 heteroatoms. The van der Waals surface area contributed by atoms with Crippen LogP contribution in [0.25, 0.3) is 0 Å². The predicted molar refractivity (Wildman–Crippen MR) is 45.0 cm³/mol. The van der Waals surface area contributed by atoms with E-state index in [0.29, 0.717) is 13.4 Å². The molecule has 0 bridgehead atoms. The molecule has 0 aliphatic carbocycles. The van der Waals surface area contributed by atoms with Crippen LogP contribution in [0.1, 0.15) is 26.7 Å². The average Bonchev–Trinajstić information content (AvgIpc) is 1.63. The Morgan fingerprint density at radius 2 is 2.33 bits per heavy atom. The van der Waals surface area contributed by atoms with Crippen LogP contribution in [-0.4, -0.2) is 9.87 Å². The van der Waals surface area contributed by atoms with Gasteiger partial charge in [0.1, 0.15) is 10.6 Å². The Morgan fingerprint density at radius 1 is 1.78 bits per heavy atom. The van der Waals surface area contributed by atoms with Gasteiger partial charge in [-0.3, -0.25) is 0 Å². The number of hydrogen-bond donors (Lipinski definition) is 1. The lowest BCUT2D eigenvalue weighted by molar-refractivity contribution is 0.691. The lowest BCUT2D eigenvalue weighted by Crippen LogP contribution is -2.01.